The molecule has 300 valence electrons. The summed E-state index contributed by atoms with van der Waals surface area (Å²) in [7, 11) is 0. The van der Waals surface area contributed by atoms with E-state index in [9.17, 15) is 0 Å². The standard InChI is InChI=1S/C60H50N2/c1-39-34-45(46-37-54-58-55(38-46)60(5,6)53-21-13-15-23-57(53)62(58)56-22-14-12-20-52(56)59(54,3)4)27-32-50(39)51-33-31-48(35-40(51)2)61(49-30-26-42-18-10-11-19-44(42)36-49)47-28-24-43(25-29-47)41-16-8-7-9-17-41/h7-38H,1-6H3. The van der Waals surface area contributed by atoms with Crippen molar-refractivity contribution < 1.29 is 0 Å². The van der Waals surface area contributed by atoms with Gasteiger partial charge < -0.3 is 9.80 Å². The topological polar surface area (TPSA) is 6.48 Å². The number of nitrogens with zero attached hydrogens (tertiary/aromatic N) is 2. The minimum Gasteiger partial charge on any atom is -0.310 e. The summed E-state index contributed by atoms with van der Waals surface area (Å²) in [6.07, 6.45) is 0. The quantitative estimate of drug-likeness (QED) is 0.165. The van der Waals surface area contributed by atoms with Crippen LogP contribution in [-0.2, 0) is 10.8 Å². The van der Waals surface area contributed by atoms with Crippen LogP contribution in [0.2, 0.25) is 0 Å². The first-order valence-corrected chi connectivity index (χ1v) is 21.9. The Balaban J connectivity index is 0.986. The lowest BCUT2D eigenvalue weighted by atomic mass is 9.65. The molecule has 0 N–H and O–H groups in total. The molecular formula is C60H50N2. The van der Waals surface area contributed by atoms with Crippen LogP contribution < -0.4 is 9.80 Å². The third-order valence-electron chi connectivity index (χ3n) is 13.9. The van der Waals surface area contributed by atoms with Crippen LogP contribution in [0.1, 0.15) is 61.1 Å². The number of aryl methyl sites for hydroxylation is 2. The molecule has 0 atom stereocenters. The summed E-state index contributed by atoms with van der Waals surface area (Å²) in [6, 6.07) is 71.9. The van der Waals surface area contributed by atoms with Gasteiger partial charge in [-0.25, -0.2) is 0 Å². The molecule has 2 aliphatic rings. The Hall–Kier alpha value is -7.16. The SMILES string of the molecule is Cc1cc(-c2cc3c4c(c2)C(C)(C)c2ccccc2N4c2ccccc2C3(C)C)ccc1-c1ccc(N(c2ccc(-c3ccccc3)cc2)c2ccc3ccccc3c2)cc1C. The Morgan fingerprint density at radius 1 is 0.355 bits per heavy atom. The van der Waals surface area contributed by atoms with E-state index in [1.54, 1.807) is 0 Å². The van der Waals surface area contributed by atoms with Crippen molar-refractivity contribution in [2.45, 2.75) is 52.4 Å². The highest BCUT2D eigenvalue weighted by atomic mass is 15.2. The first-order valence-electron chi connectivity index (χ1n) is 21.9. The van der Waals surface area contributed by atoms with Crippen molar-refractivity contribution in [3.8, 4) is 33.4 Å². The van der Waals surface area contributed by atoms with Crippen molar-refractivity contribution in [3.63, 3.8) is 0 Å². The van der Waals surface area contributed by atoms with Crippen molar-refractivity contribution in [3.05, 3.63) is 228 Å². The van der Waals surface area contributed by atoms with Gasteiger partial charge in [0.15, 0.2) is 0 Å². The fourth-order valence-electron chi connectivity index (χ4n) is 10.5. The van der Waals surface area contributed by atoms with Crippen LogP contribution in [0.15, 0.2) is 194 Å². The monoisotopic (exact) mass is 798 g/mol. The molecule has 0 amide bonds. The first kappa shape index (κ1) is 37.8. The molecule has 9 aromatic carbocycles. The molecule has 0 spiro atoms. The van der Waals surface area contributed by atoms with Crippen LogP contribution in [0.5, 0.6) is 0 Å². The number of anilines is 6. The number of hydrogen-bond donors (Lipinski definition) is 0. The molecular weight excluding hydrogens is 749 g/mol. The maximum Gasteiger partial charge on any atom is 0.0544 e. The summed E-state index contributed by atoms with van der Waals surface area (Å²) in [5.41, 5.74) is 22.4. The molecule has 11 rings (SSSR count). The average Bonchev–Trinajstić information content (AvgIpc) is 3.29. The van der Waals surface area contributed by atoms with Gasteiger partial charge in [-0.15, -0.1) is 0 Å². The predicted octanol–water partition coefficient (Wildman–Crippen LogP) is 16.7. The molecule has 0 radical (unpaired) electrons. The summed E-state index contributed by atoms with van der Waals surface area (Å²) in [6.45, 7) is 14.1. The molecule has 0 bridgehead atoms. The van der Waals surface area contributed by atoms with Gasteiger partial charge in [0.25, 0.3) is 0 Å². The maximum atomic E-state index is 2.54. The minimum absolute atomic E-state index is 0.173. The van der Waals surface area contributed by atoms with Gasteiger partial charge in [-0.1, -0.05) is 161 Å². The summed E-state index contributed by atoms with van der Waals surface area (Å²) in [5, 5.41) is 2.46. The smallest absolute Gasteiger partial charge is 0.0544 e. The third kappa shape index (κ3) is 5.92. The Bertz CT molecular complexity index is 3130. The molecule has 9 aromatic rings. The summed E-state index contributed by atoms with van der Waals surface area (Å²) in [5.74, 6) is 0. The fourth-order valence-corrected chi connectivity index (χ4v) is 10.5. The predicted molar refractivity (Wildman–Crippen MR) is 263 cm³/mol. The maximum absolute atomic E-state index is 2.54. The highest BCUT2D eigenvalue weighted by molar-refractivity contribution is 5.95. The van der Waals surface area contributed by atoms with E-state index in [4.69, 9.17) is 0 Å². The van der Waals surface area contributed by atoms with Crippen molar-refractivity contribution in [1.29, 1.82) is 0 Å². The van der Waals surface area contributed by atoms with E-state index in [0.29, 0.717) is 0 Å². The van der Waals surface area contributed by atoms with Gasteiger partial charge in [0, 0.05) is 27.9 Å². The van der Waals surface area contributed by atoms with Gasteiger partial charge in [-0.3, -0.25) is 0 Å². The van der Waals surface area contributed by atoms with Crippen molar-refractivity contribution in [2.24, 2.45) is 0 Å². The van der Waals surface area contributed by atoms with Crippen molar-refractivity contribution in [2.75, 3.05) is 9.80 Å². The van der Waals surface area contributed by atoms with Crippen molar-refractivity contribution >= 4 is 44.9 Å². The lowest BCUT2D eigenvalue weighted by molar-refractivity contribution is 0.598. The van der Waals surface area contributed by atoms with E-state index in [-0.39, 0.29) is 10.8 Å². The average molecular weight is 799 g/mol. The number of fused-ring (bicyclic) bond motifs is 5. The molecule has 0 unspecified atom stereocenters. The van der Waals surface area contributed by atoms with Gasteiger partial charge >= 0.3 is 0 Å². The van der Waals surface area contributed by atoms with Gasteiger partial charge in [0.1, 0.15) is 0 Å². The van der Waals surface area contributed by atoms with Crippen molar-refractivity contribution in [1.82, 2.24) is 0 Å². The second-order valence-electron chi connectivity index (χ2n) is 18.3. The molecule has 0 aromatic heterocycles. The molecule has 2 heteroatoms. The minimum atomic E-state index is -0.173. The molecule has 0 aliphatic carbocycles. The van der Waals surface area contributed by atoms with Gasteiger partial charge in [0.2, 0.25) is 0 Å². The highest BCUT2D eigenvalue weighted by Gasteiger charge is 2.45. The number of para-hydroxylation sites is 2. The lowest BCUT2D eigenvalue weighted by Gasteiger charge is -2.49. The Kier molecular flexibility index (Phi) is 8.67. The van der Waals surface area contributed by atoms with Crippen LogP contribution in [0.3, 0.4) is 0 Å². The van der Waals surface area contributed by atoms with E-state index in [0.717, 1.165) is 17.1 Å². The molecule has 2 heterocycles. The Labute approximate surface area is 366 Å². The highest BCUT2D eigenvalue weighted by Crippen LogP contribution is 2.60. The van der Waals surface area contributed by atoms with Gasteiger partial charge in [-0.2, -0.15) is 0 Å². The Morgan fingerprint density at radius 2 is 0.839 bits per heavy atom. The van der Waals surface area contributed by atoms with Crippen LogP contribution >= 0.6 is 0 Å². The first-order chi connectivity index (χ1) is 30.1. The molecule has 0 saturated heterocycles. The number of benzene rings is 9. The normalized spacial score (nSPS) is 14.2. The van der Waals surface area contributed by atoms with Crippen LogP contribution in [-0.4, -0.2) is 0 Å². The summed E-state index contributed by atoms with van der Waals surface area (Å²) >= 11 is 0. The van der Waals surface area contributed by atoms with Gasteiger partial charge in [-0.05, 0) is 152 Å². The third-order valence-corrected chi connectivity index (χ3v) is 13.9. The van der Waals surface area contributed by atoms with E-state index < -0.39 is 0 Å². The van der Waals surface area contributed by atoms with E-state index >= 15 is 0 Å². The molecule has 0 saturated carbocycles. The van der Waals surface area contributed by atoms with Crippen LogP contribution in [0, 0.1) is 13.8 Å². The number of hydrogen-bond acceptors (Lipinski definition) is 2. The lowest BCUT2D eigenvalue weighted by Crippen LogP contribution is -2.38. The van der Waals surface area contributed by atoms with E-state index in [1.807, 2.05) is 0 Å². The largest absolute Gasteiger partial charge is 0.310 e. The zero-order chi connectivity index (χ0) is 42.3. The number of rotatable bonds is 6. The molecule has 2 aliphatic heterocycles. The summed E-state index contributed by atoms with van der Waals surface area (Å²) < 4.78 is 0. The van der Waals surface area contributed by atoms with E-state index in [1.165, 1.54) is 94.6 Å². The second kappa shape index (κ2) is 14.2. The molecule has 0 fully saturated rings. The zero-order valence-corrected chi connectivity index (χ0v) is 36.4. The van der Waals surface area contributed by atoms with Gasteiger partial charge in [0.05, 0.1) is 17.1 Å². The van der Waals surface area contributed by atoms with Crippen LogP contribution in [0.4, 0.5) is 34.1 Å². The second-order valence-corrected chi connectivity index (χ2v) is 18.3. The van der Waals surface area contributed by atoms with E-state index in [2.05, 4.69) is 245 Å². The molecule has 62 heavy (non-hydrogen) atoms. The van der Waals surface area contributed by atoms with Crippen LogP contribution in [0.25, 0.3) is 44.2 Å². The summed E-state index contributed by atoms with van der Waals surface area (Å²) in [4.78, 5) is 4.93. The molecule has 2 nitrogen and oxygen atoms in total. The fraction of sp³-hybridized carbons (Fsp3) is 0.133. The zero-order valence-electron chi connectivity index (χ0n) is 36.4. The Morgan fingerprint density at radius 3 is 1.47 bits per heavy atom.